The van der Waals surface area contributed by atoms with Crippen LogP contribution < -0.4 is 0 Å². The van der Waals surface area contributed by atoms with Gasteiger partial charge in [-0.2, -0.15) is 0 Å². The van der Waals surface area contributed by atoms with Gasteiger partial charge in [0.2, 0.25) is 0 Å². The molecule has 3 rings (SSSR count). The van der Waals surface area contributed by atoms with Crippen molar-refractivity contribution in [3.63, 3.8) is 0 Å². The summed E-state index contributed by atoms with van der Waals surface area (Å²) >= 11 is 0. The molecule has 1 heterocycles. The second-order valence-corrected chi connectivity index (χ2v) is 5.37. The Morgan fingerprint density at radius 1 is 1.20 bits per heavy atom. The number of halogens is 1. The lowest BCUT2D eigenvalue weighted by atomic mass is 9.92. The highest BCUT2D eigenvalue weighted by molar-refractivity contribution is 5.85. The minimum Gasteiger partial charge on any atom is -0.481 e. The van der Waals surface area contributed by atoms with Crippen LogP contribution in [0.2, 0.25) is 0 Å². The van der Waals surface area contributed by atoms with E-state index in [0.29, 0.717) is 24.0 Å². The zero-order valence-corrected chi connectivity index (χ0v) is 11.1. The number of hydrogen-bond acceptors (Lipinski definition) is 2. The zero-order valence-electron chi connectivity index (χ0n) is 11.1. The predicted molar refractivity (Wildman–Crippen MR) is 72.9 cm³/mol. The minimum atomic E-state index is -0.895. The monoisotopic (exact) mass is 271 g/mol. The first kappa shape index (κ1) is 12.8. The van der Waals surface area contributed by atoms with E-state index in [9.17, 15) is 14.3 Å². The van der Waals surface area contributed by atoms with Crippen molar-refractivity contribution in [2.45, 2.75) is 25.2 Å². The van der Waals surface area contributed by atoms with Gasteiger partial charge in [0.05, 0.1) is 5.41 Å². The van der Waals surface area contributed by atoms with Gasteiger partial charge in [-0.1, -0.05) is 0 Å². The lowest BCUT2D eigenvalue weighted by Gasteiger charge is -2.12. The number of rotatable bonds is 3. The van der Waals surface area contributed by atoms with Crippen LogP contribution in [0.15, 0.2) is 36.7 Å². The lowest BCUT2D eigenvalue weighted by molar-refractivity contribution is -0.140. The number of carbonyl (C=O) groups is 1. The van der Waals surface area contributed by atoms with Crippen LogP contribution in [0, 0.1) is 12.7 Å². The average Bonchev–Trinajstić information content (AvgIpc) is 3.19. The van der Waals surface area contributed by atoms with Crippen LogP contribution in [-0.2, 0) is 10.2 Å². The van der Waals surface area contributed by atoms with Crippen molar-refractivity contribution >= 4 is 5.97 Å². The van der Waals surface area contributed by atoms with Crippen molar-refractivity contribution < 1.29 is 14.3 Å². The van der Waals surface area contributed by atoms with Gasteiger partial charge in [0.25, 0.3) is 0 Å². The molecule has 1 fully saturated rings. The van der Waals surface area contributed by atoms with E-state index in [1.54, 1.807) is 18.5 Å². The van der Waals surface area contributed by atoms with Gasteiger partial charge >= 0.3 is 5.97 Å². The fraction of sp³-hybridized carbons (Fsp3) is 0.250. The first-order chi connectivity index (χ1) is 9.51. The van der Waals surface area contributed by atoms with Crippen LogP contribution in [0.3, 0.4) is 0 Å². The fourth-order valence-electron chi connectivity index (χ4n) is 2.50. The Kier molecular flexibility index (Phi) is 2.82. The van der Waals surface area contributed by atoms with E-state index < -0.39 is 17.2 Å². The van der Waals surface area contributed by atoms with Crippen molar-refractivity contribution in [1.29, 1.82) is 0 Å². The van der Waals surface area contributed by atoms with Crippen molar-refractivity contribution in [3.8, 4) is 11.1 Å². The van der Waals surface area contributed by atoms with Gasteiger partial charge in [-0.05, 0) is 60.7 Å². The zero-order chi connectivity index (χ0) is 14.3. The number of aryl methyl sites for hydroxylation is 1. The highest BCUT2D eigenvalue weighted by atomic mass is 19.1. The Morgan fingerprint density at radius 3 is 2.55 bits per heavy atom. The molecular formula is C16H14FNO2. The van der Waals surface area contributed by atoms with Crippen molar-refractivity contribution in [3.05, 3.63) is 53.6 Å². The molecule has 0 unspecified atom stereocenters. The van der Waals surface area contributed by atoms with E-state index >= 15 is 0 Å². The normalized spacial score (nSPS) is 15.9. The van der Waals surface area contributed by atoms with Gasteiger partial charge in [0.15, 0.2) is 0 Å². The number of carboxylic acids is 1. The lowest BCUT2D eigenvalue weighted by Crippen LogP contribution is -2.19. The Morgan fingerprint density at radius 2 is 1.95 bits per heavy atom. The van der Waals surface area contributed by atoms with Gasteiger partial charge in [0, 0.05) is 18.0 Å². The number of aliphatic carboxylic acids is 1. The fourth-order valence-corrected chi connectivity index (χ4v) is 2.50. The molecule has 0 atom stereocenters. The minimum absolute atomic E-state index is 0.411. The van der Waals surface area contributed by atoms with Crippen LogP contribution in [-0.4, -0.2) is 16.1 Å². The van der Waals surface area contributed by atoms with Gasteiger partial charge < -0.3 is 5.11 Å². The largest absolute Gasteiger partial charge is 0.481 e. The molecular weight excluding hydrogens is 257 g/mol. The van der Waals surface area contributed by atoms with Crippen LogP contribution in [0.25, 0.3) is 11.1 Å². The summed E-state index contributed by atoms with van der Waals surface area (Å²) < 4.78 is 13.8. The molecule has 1 N–H and O–H groups in total. The molecule has 0 amide bonds. The molecule has 1 aliphatic carbocycles. The molecule has 0 bridgehead atoms. The maximum Gasteiger partial charge on any atom is 0.314 e. The number of benzene rings is 1. The topological polar surface area (TPSA) is 50.2 Å². The summed E-state index contributed by atoms with van der Waals surface area (Å²) in [6.45, 7) is 1.91. The predicted octanol–water partition coefficient (Wildman–Crippen LogP) is 3.31. The summed E-state index contributed by atoms with van der Waals surface area (Å²) in [4.78, 5) is 15.5. The summed E-state index contributed by atoms with van der Waals surface area (Å²) in [5.41, 5.74) is 2.10. The summed E-state index contributed by atoms with van der Waals surface area (Å²) in [5, 5.41) is 9.32. The Balaban J connectivity index is 2.10. The second kappa shape index (κ2) is 4.40. The molecule has 0 aliphatic heterocycles. The molecule has 3 nitrogen and oxygen atoms in total. The van der Waals surface area contributed by atoms with Crippen molar-refractivity contribution in [2.75, 3.05) is 0 Å². The van der Waals surface area contributed by atoms with E-state index in [4.69, 9.17) is 0 Å². The number of carboxylic acid groups (broad SMARTS) is 1. The molecule has 0 radical (unpaired) electrons. The van der Waals surface area contributed by atoms with Crippen LogP contribution >= 0.6 is 0 Å². The quantitative estimate of drug-likeness (QED) is 0.931. The highest BCUT2D eigenvalue weighted by Gasteiger charge is 2.52. The molecule has 4 heteroatoms. The number of nitrogens with zero attached hydrogens (tertiary/aromatic N) is 1. The average molecular weight is 271 g/mol. The van der Waals surface area contributed by atoms with Gasteiger partial charge in [-0.25, -0.2) is 4.39 Å². The molecule has 102 valence electrons. The standard InChI is InChI=1S/C16H14FNO2/c1-10-4-12(9-18-8-10)11-5-13(7-14(17)6-11)16(2-3-16)15(19)20/h4-9H,2-3H2,1H3,(H,19,20). The molecule has 2 aromatic rings. The van der Waals surface area contributed by atoms with Gasteiger partial charge in [-0.15, -0.1) is 0 Å². The maximum atomic E-state index is 13.8. The molecule has 0 saturated heterocycles. The Bertz CT molecular complexity index is 693. The summed E-state index contributed by atoms with van der Waals surface area (Å²) in [5.74, 6) is -1.29. The summed E-state index contributed by atoms with van der Waals surface area (Å²) in [6.07, 6.45) is 4.52. The van der Waals surface area contributed by atoms with Crippen LogP contribution in [0.5, 0.6) is 0 Å². The van der Waals surface area contributed by atoms with Crippen molar-refractivity contribution in [1.82, 2.24) is 4.98 Å². The smallest absolute Gasteiger partial charge is 0.314 e. The van der Waals surface area contributed by atoms with Crippen LogP contribution in [0.4, 0.5) is 4.39 Å². The molecule has 1 aromatic carbocycles. The molecule has 1 aliphatic rings. The van der Waals surface area contributed by atoms with Gasteiger partial charge in [0.1, 0.15) is 5.82 Å². The number of pyridine rings is 1. The third-order valence-electron chi connectivity index (χ3n) is 3.82. The molecule has 1 saturated carbocycles. The van der Waals surface area contributed by atoms with E-state index in [1.165, 1.54) is 12.1 Å². The summed E-state index contributed by atoms with van der Waals surface area (Å²) in [7, 11) is 0. The van der Waals surface area contributed by atoms with Crippen molar-refractivity contribution in [2.24, 2.45) is 0 Å². The highest BCUT2D eigenvalue weighted by Crippen LogP contribution is 2.49. The number of hydrogen-bond donors (Lipinski definition) is 1. The summed E-state index contributed by atoms with van der Waals surface area (Å²) in [6, 6.07) is 6.41. The van der Waals surface area contributed by atoms with E-state index in [1.807, 2.05) is 13.0 Å². The Labute approximate surface area is 116 Å². The van der Waals surface area contributed by atoms with E-state index in [-0.39, 0.29) is 0 Å². The van der Waals surface area contributed by atoms with E-state index in [2.05, 4.69) is 4.98 Å². The third kappa shape index (κ3) is 2.07. The maximum absolute atomic E-state index is 13.8. The first-order valence-electron chi connectivity index (χ1n) is 6.48. The second-order valence-electron chi connectivity index (χ2n) is 5.37. The SMILES string of the molecule is Cc1cncc(-c2cc(F)cc(C3(C(=O)O)CC3)c2)c1. The van der Waals surface area contributed by atoms with E-state index in [0.717, 1.165) is 11.1 Å². The molecule has 20 heavy (non-hydrogen) atoms. The number of aromatic nitrogens is 1. The first-order valence-corrected chi connectivity index (χ1v) is 6.48. The van der Waals surface area contributed by atoms with Gasteiger partial charge in [-0.3, -0.25) is 9.78 Å². The van der Waals surface area contributed by atoms with Crippen LogP contribution in [0.1, 0.15) is 24.0 Å². The third-order valence-corrected chi connectivity index (χ3v) is 3.82. The molecule has 1 aromatic heterocycles. The molecule has 0 spiro atoms. The Hall–Kier alpha value is -2.23.